The zero-order valence-electron chi connectivity index (χ0n) is 5.66. The van der Waals surface area contributed by atoms with Crippen LogP contribution in [0.2, 0.25) is 0 Å². The first-order chi connectivity index (χ1) is 3.73. The van der Waals surface area contributed by atoms with Gasteiger partial charge in [0.05, 0.1) is 5.60 Å². The quantitative estimate of drug-likeness (QED) is 0.541. The van der Waals surface area contributed by atoms with Crippen molar-refractivity contribution < 1.29 is 31.9 Å². The summed E-state index contributed by atoms with van der Waals surface area (Å²) in [7, 11) is 0. The molecule has 4 nitrogen and oxygen atoms in total. The summed E-state index contributed by atoms with van der Waals surface area (Å²) in [6, 6.07) is 0. The van der Waals surface area contributed by atoms with E-state index in [-0.39, 0.29) is 0 Å². The van der Waals surface area contributed by atoms with Crippen LogP contribution in [0.3, 0.4) is 0 Å². The zero-order valence-corrected chi connectivity index (χ0v) is 7.05. The first-order valence-corrected chi connectivity index (χ1v) is 4.05. The summed E-state index contributed by atoms with van der Waals surface area (Å²) in [5.41, 5.74) is -0.500. The predicted octanol–water partition coefficient (Wildman–Crippen LogP) is -0.0199. The van der Waals surface area contributed by atoms with E-state index in [9.17, 15) is 0 Å². The molecule has 0 heterocycles. The molecule has 0 bridgehead atoms. The number of aliphatic hydroxyl groups is 1. The van der Waals surface area contributed by atoms with Crippen molar-refractivity contribution in [3.8, 4) is 0 Å². The van der Waals surface area contributed by atoms with E-state index in [1.54, 1.807) is 20.8 Å². The van der Waals surface area contributed by atoms with Gasteiger partial charge in [-0.25, -0.2) is 0 Å². The fraction of sp³-hybridized carbons (Fsp3) is 1.00. The molecule has 0 aliphatic carbocycles. The van der Waals surface area contributed by atoms with E-state index in [1.807, 2.05) is 0 Å². The Kier molecular flexibility index (Phi) is 6.50. The van der Waals surface area contributed by atoms with Gasteiger partial charge in [0.25, 0.3) is 0 Å². The third-order valence-corrected chi connectivity index (χ3v) is 0. The second-order valence-corrected chi connectivity index (χ2v) is 3.15. The molecule has 0 aliphatic rings. The van der Waals surface area contributed by atoms with Crippen LogP contribution in [0.15, 0.2) is 0 Å². The van der Waals surface area contributed by atoms with Gasteiger partial charge in [-0.2, -0.15) is 0 Å². The van der Waals surface area contributed by atoms with Gasteiger partial charge in [-0.1, -0.05) is 0 Å². The molecule has 0 unspecified atom stereocenters. The van der Waals surface area contributed by atoms with Gasteiger partial charge >= 0.3 is 26.8 Å². The summed E-state index contributed by atoms with van der Waals surface area (Å²) in [4.78, 5) is 0. The van der Waals surface area contributed by atoms with Gasteiger partial charge in [0.15, 0.2) is 0 Å². The third kappa shape index (κ3) is 27700. The molecule has 0 saturated carbocycles. The molecule has 0 atom stereocenters. The second kappa shape index (κ2) is 4.93. The van der Waals surface area contributed by atoms with Crippen LogP contribution in [-0.2, 0) is 22.7 Å². The molecule has 0 aromatic heterocycles. The van der Waals surface area contributed by atoms with Gasteiger partial charge in [-0.05, 0) is 20.8 Å². The molecule has 5 heteroatoms. The monoisotopic (exact) mass is 174 g/mol. The van der Waals surface area contributed by atoms with Gasteiger partial charge in [0.2, 0.25) is 0 Å². The van der Waals surface area contributed by atoms with Crippen LogP contribution in [-0.4, -0.2) is 14.7 Å². The molecule has 56 valence electrons. The molecule has 0 aromatic carbocycles. The average Bonchev–Trinajstić information content (AvgIpc) is 1.19. The van der Waals surface area contributed by atoms with Crippen molar-refractivity contribution in [2.75, 3.05) is 0 Å². The van der Waals surface area contributed by atoms with Crippen molar-refractivity contribution in [2.45, 2.75) is 26.4 Å². The molecule has 0 amide bonds. The molecule has 0 saturated heterocycles. The summed E-state index contributed by atoms with van der Waals surface area (Å²) in [5.74, 6) is 0. The van der Waals surface area contributed by atoms with Crippen LogP contribution in [0.4, 0.5) is 0 Å². The second-order valence-electron chi connectivity index (χ2n) is 2.41. The Morgan fingerprint density at radius 1 is 1.22 bits per heavy atom. The Morgan fingerprint density at radius 2 is 1.22 bits per heavy atom. The standard InChI is InChI=1S/C4H10O.H2O.2O.V/c1-4(2,3)5;;;;/h5H,1-3H3;1H2;;;/q;;;;+1/p-1. The van der Waals surface area contributed by atoms with E-state index in [0.29, 0.717) is 0 Å². The van der Waals surface area contributed by atoms with Crippen molar-refractivity contribution in [3.63, 3.8) is 0 Å². The topological polar surface area (TPSA) is 74.6 Å². The van der Waals surface area contributed by atoms with Crippen molar-refractivity contribution in [1.29, 1.82) is 0 Å². The summed E-state index contributed by atoms with van der Waals surface area (Å²) >= 11 is -3.69. The molecule has 9 heavy (non-hydrogen) atoms. The van der Waals surface area contributed by atoms with Gasteiger partial charge in [-0.3, -0.25) is 0 Å². The summed E-state index contributed by atoms with van der Waals surface area (Å²) in [5, 5.41) is 8.52. The van der Waals surface area contributed by atoms with Crippen LogP contribution in [0.5, 0.6) is 0 Å². The van der Waals surface area contributed by atoms with Gasteiger partial charge in [0, 0.05) is 0 Å². The Balaban J connectivity index is 0. The van der Waals surface area contributed by atoms with Crippen LogP contribution < -0.4 is 0 Å². The van der Waals surface area contributed by atoms with Crippen molar-refractivity contribution >= 4 is 0 Å². The minimum atomic E-state index is -3.69. The minimum absolute atomic E-state index is 0.500. The molecule has 0 rings (SSSR count). The van der Waals surface area contributed by atoms with Crippen LogP contribution in [0.1, 0.15) is 20.8 Å². The van der Waals surface area contributed by atoms with Crippen LogP contribution >= 0.6 is 0 Å². The average molecular weight is 174 g/mol. The van der Waals surface area contributed by atoms with Crippen molar-refractivity contribution in [3.05, 3.63) is 0 Å². The Bertz CT molecular complexity index is 107. The molecule has 2 N–H and O–H groups in total. The number of rotatable bonds is 0. The molecule has 0 aromatic rings. The van der Waals surface area contributed by atoms with Crippen molar-refractivity contribution in [2.24, 2.45) is 0 Å². The molecule has 0 fully saturated rings. The van der Waals surface area contributed by atoms with Gasteiger partial charge in [-0.15, -0.1) is 0 Å². The normalized spacial score (nSPS) is 9.44. The SMILES string of the molecule is CC(C)(C)O.[O]=[V](=[O])[OH]. The maximum atomic E-state index is 8.67. The summed E-state index contributed by atoms with van der Waals surface area (Å²) < 4.78 is 24.4. The summed E-state index contributed by atoms with van der Waals surface area (Å²) in [6.45, 7) is 5.23. The molecular weight excluding hydrogens is 163 g/mol. The van der Waals surface area contributed by atoms with Gasteiger partial charge < -0.3 is 5.11 Å². The van der Waals surface area contributed by atoms with E-state index < -0.39 is 21.0 Å². The van der Waals surface area contributed by atoms with Crippen LogP contribution in [0, 0.1) is 0 Å². The molecule has 0 spiro atoms. The van der Waals surface area contributed by atoms with Crippen LogP contribution in [0.25, 0.3) is 0 Å². The van der Waals surface area contributed by atoms with E-state index in [0.717, 1.165) is 0 Å². The fourth-order valence-corrected chi connectivity index (χ4v) is 0. The zero-order chi connectivity index (χ0) is 8.08. The Hall–Kier alpha value is 0.104. The number of hydrogen-bond acceptors (Lipinski definition) is 3. The Labute approximate surface area is 58.9 Å². The van der Waals surface area contributed by atoms with E-state index >= 15 is 0 Å². The fourth-order valence-electron chi connectivity index (χ4n) is 0. The predicted molar refractivity (Wildman–Crippen MR) is 25.6 cm³/mol. The third-order valence-electron chi connectivity index (χ3n) is 0. The van der Waals surface area contributed by atoms with E-state index in [2.05, 4.69) is 0 Å². The molecule has 0 radical (unpaired) electrons. The van der Waals surface area contributed by atoms with Crippen molar-refractivity contribution in [1.82, 2.24) is 0 Å². The Morgan fingerprint density at radius 3 is 1.22 bits per heavy atom. The summed E-state index contributed by atoms with van der Waals surface area (Å²) in [6.07, 6.45) is 0. The first kappa shape index (κ1) is 11.8. The van der Waals surface area contributed by atoms with E-state index in [1.165, 1.54) is 0 Å². The number of hydrogen-bond donors (Lipinski definition) is 2. The first-order valence-electron chi connectivity index (χ1n) is 2.29. The molecular formula is C4H11O4V. The molecule has 0 aliphatic heterocycles. The van der Waals surface area contributed by atoms with Gasteiger partial charge in [0.1, 0.15) is 0 Å². The maximum absolute atomic E-state index is 8.67. The van der Waals surface area contributed by atoms with E-state index in [4.69, 9.17) is 16.5 Å².